The van der Waals surface area contributed by atoms with Crippen molar-refractivity contribution in [1.82, 2.24) is 5.32 Å². The Kier molecular flexibility index (Phi) is 4.31. The van der Waals surface area contributed by atoms with Gasteiger partial charge in [-0.25, -0.2) is 0 Å². The summed E-state index contributed by atoms with van der Waals surface area (Å²) in [6, 6.07) is 0. The number of hydrogen-bond donors (Lipinski definition) is 1. The van der Waals surface area contributed by atoms with E-state index in [1.807, 2.05) is 0 Å². The lowest BCUT2D eigenvalue weighted by Crippen LogP contribution is -2.34. The van der Waals surface area contributed by atoms with Crippen molar-refractivity contribution in [1.29, 1.82) is 0 Å². The largest absolute Gasteiger partial charge is 0.469 e. The van der Waals surface area contributed by atoms with E-state index >= 15 is 0 Å². The Labute approximate surface area is 83.7 Å². The molecule has 0 aliphatic carbocycles. The Morgan fingerprint density at radius 3 is 2.43 bits per heavy atom. The summed E-state index contributed by atoms with van der Waals surface area (Å²) in [7, 11) is 4.54. The first-order chi connectivity index (χ1) is 6.74. The molecule has 0 saturated carbocycles. The minimum absolute atomic E-state index is 0.0254. The van der Waals surface area contributed by atoms with Crippen LogP contribution in [0.2, 0.25) is 0 Å². The van der Waals surface area contributed by atoms with Crippen LogP contribution in [0.15, 0.2) is 0 Å². The van der Waals surface area contributed by atoms with Crippen LogP contribution in [-0.4, -0.2) is 46.7 Å². The fourth-order valence-electron chi connectivity index (χ4n) is 1.84. The van der Waals surface area contributed by atoms with E-state index in [9.17, 15) is 4.79 Å². The first-order valence-electron chi connectivity index (χ1n) is 4.58. The molecule has 1 heterocycles. The third-order valence-electron chi connectivity index (χ3n) is 2.58. The van der Waals surface area contributed by atoms with Gasteiger partial charge in [-0.1, -0.05) is 0 Å². The van der Waals surface area contributed by atoms with E-state index in [-0.39, 0.29) is 24.1 Å². The van der Waals surface area contributed by atoms with Gasteiger partial charge in [-0.3, -0.25) is 4.79 Å². The van der Waals surface area contributed by atoms with Crippen LogP contribution in [0.1, 0.15) is 0 Å². The SMILES string of the molecule is COC(=O)[C@@H]1CNC[C@H]1C(OC)OC. The molecule has 5 heteroatoms. The Bertz CT molecular complexity index is 193. The Balaban J connectivity index is 2.62. The molecular formula is C9H17NO4. The lowest BCUT2D eigenvalue weighted by Gasteiger charge is -2.23. The van der Waals surface area contributed by atoms with Crippen LogP contribution in [0.3, 0.4) is 0 Å². The third-order valence-corrected chi connectivity index (χ3v) is 2.58. The second-order valence-corrected chi connectivity index (χ2v) is 3.29. The van der Waals surface area contributed by atoms with Crippen molar-refractivity contribution in [2.75, 3.05) is 34.4 Å². The van der Waals surface area contributed by atoms with Gasteiger partial charge in [0.15, 0.2) is 6.29 Å². The van der Waals surface area contributed by atoms with Gasteiger partial charge in [-0.15, -0.1) is 0 Å². The molecule has 0 unspecified atom stereocenters. The van der Waals surface area contributed by atoms with Crippen LogP contribution in [-0.2, 0) is 19.0 Å². The summed E-state index contributed by atoms with van der Waals surface area (Å²) < 4.78 is 15.0. The molecule has 1 rings (SSSR count). The Morgan fingerprint density at radius 2 is 1.93 bits per heavy atom. The second-order valence-electron chi connectivity index (χ2n) is 3.29. The van der Waals surface area contributed by atoms with E-state index in [1.54, 1.807) is 14.2 Å². The summed E-state index contributed by atoms with van der Waals surface area (Å²) in [5.41, 5.74) is 0. The summed E-state index contributed by atoms with van der Waals surface area (Å²) in [6.07, 6.45) is -0.353. The zero-order valence-corrected chi connectivity index (χ0v) is 8.78. The third kappa shape index (κ3) is 2.23. The van der Waals surface area contributed by atoms with E-state index in [0.717, 1.165) is 0 Å². The van der Waals surface area contributed by atoms with Crippen molar-refractivity contribution < 1.29 is 19.0 Å². The molecule has 0 aromatic heterocycles. The van der Waals surface area contributed by atoms with Crippen molar-refractivity contribution in [2.45, 2.75) is 6.29 Å². The predicted octanol–water partition coefficient (Wildman–Crippen LogP) is -0.386. The number of hydrogen-bond acceptors (Lipinski definition) is 5. The molecule has 0 spiro atoms. The van der Waals surface area contributed by atoms with Crippen molar-refractivity contribution in [3.8, 4) is 0 Å². The highest BCUT2D eigenvalue weighted by atomic mass is 16.7. The van der Waals surface area contributed by atoms with Crippen LogP contribution in [0.25, 0.3) is 0 Å². The van der Waals surface area contributed by atoms with E-state index < -0.39 is 0 Å². The fraction of sp³-hybridized carbons (Fsp3) is 0.889. The van der Waals surface area contributed by atoms with Crippen LogP contribution in [0.5, 0.6) is 0 Å². The molecule has 2 atom stereocenters. The summed E-state index contributed by atoms with van der Waals surface area (Å²) in [4.78, 5) is 11.4. The van der Waals surface area contributed by atoms with Crippen molar-refractivity contribution in [3.63, 3.8) is 0 Å². The number of nitrogens with one attached hydrogen (secondary N) is 1. The standard InChI is InChI=1S/C9H17NO4/c1-12-8(11)6-4-10-5-7(6)9(13-2)14-3/h6-7,9-10H,4-5H2,1-3H3/t6-,7-/m1/s1. The molecule has 14 heavy (non-hydrogen) atoms. The van der Waals surface area contributed by atoms with Gasteiger partial charge in [0.25, 0.3) is 0 Å². The van der Waals surface area contributed by atoms with Crippen molar-refractivity contribution in [2.24, 2.45) is 11.8 Å². The molecule has 0 radical (unpaired) electrons. The number of ether oxygens (including phenoxy) is 3. The lowest BCUT2D eigenvalue weighted by atomic mass is 9.95. The van der Waals surface area contributed by atoms with Crippen LogP contribution >= 0.6 is 0 Å². The predicted molar refractivity (Wildman–Crippen MR) is 49.7 cm³/mol. The number of carbonyl (C=O) groups is 1. The van der Waals surface area contributed by atoms with Crippen LogP contribution < -0.4 is 5.32 Å². The molecule has 1 aliphatic rings. The van der Waals surface area contributed by atoms with E-state index in [1.165, 1.54) is 7.11 Å². The minimum Gasteiger partial charge on any atom is -0.469 e. The average Bonchev–Trinajstić information content (AvgIpc) is 2.68. The molecule has 0 amide bonds. The quantitative estimate of drug-likeness (QED) is 0.498. The molecule has 0 bridgehead atoms. The topological polar surface area (TPSA) is 56.8 Å². The molecule has 1 saturated heterocycles. The molecular weight excluding hydrogens is 186 g/mol. The first kappa shape index (κ1) is 11.4. The van der Waals surface area contributed by atoms with Gasteiger partial charge in [0, 0.05) is 33.2 Å². The van der Waals surface area contributed by atoms with Gasteiger partial charge in [0.05, 0.1) is 13.0 Å². The van der Waals surface area contributed by atoms with Crippen molar-refractivity contribution in [3.05, 3.63) is 0 Å². The fourth-order valence-corrected chi connectivity index (χ4v) is 1.84. The van der Waals surface area contributed by atoms with Crippen LogP contribution in [0.4, 0.5) is 0 Å². The van der Waals surface area contributed by atoms with Gasteiger partial charge >= 0.3 is 5.97 Å². The minimum atomic E-state index is -0.353. The monoisotopic (exact) mass is 203 g/mol. The molecule has 82 valence electrons. The maximum atomic E-state index is 11.4. The van der Waals surface area contributed by atoms with E-state index in [2.05, 4.69) is 5.32 Å². The maximum absolute atomic E-state index is 11.4. The maximum Gasteiger partial charge on any atom is 0.310 e. The van der Waals surface area contributed by atoms with Crippen molar-refractivity contribution >= 4 is 5.97 Å². The normalized spacial score (nSPS) is 26.9. The van der Waals surface area contributed by atoms with Gasteiger partial charge in [0.1, 0.15) is 0 Å². The van der Waals surface area contributed by atoms with Crippen LogP contribution in [0, 0.1) is 11.8 Å². The van der Waals surface area contributed by atoms with E-state index in [4.69, 9.17) is 14.2 Å². The summed E-state index contributed by atoms with van der Waals surface area (Å²) in [5, 5.41) is 3.13. The molecule has 0 aromatic rings. The smallest absolute Gasteiger partial charge is 0.310 e. The molecule has 5 nitrogen and oxygen atoms in total. The van der Waals surface area contributed by atoms with Gasteiger partial charge < -0.3 is 19.5 Å². The zero-order valence-electron chi connectivity index (χ0n) is 8.78. The Morgan fingerprint density at radius 1 is 1.29 bits per heavy atom. The molecule has 1 fully saturated rings. The average molecular weight is 203 g/mol. The highest BCUT2D eigenvalue weighted by molar-refractivity contribution is 5.73. The lowest BCUT2D eigenvalue weighted by molar-refractivity contribution is -0.163. The van der Waals surface area contributed by atoms with Gasteiger partial charge in [0.2, 0.25) is 0 Å². The highest BCUT2D eigenvalue weighted by Crippen LogP contribution is 2.23. The number of methoxy groups -OCH3 is 3. The van der Waals surface area contributed by atoms with Gasteiger partial charge in [-0.2, -0.15) is 0 Å². The number of carbonyl (C=O) groups excluding carboxylic acids is 1. The second kappa shape index (κ2) is 5.29. The van der Waals surface area contributed by atoms with Gasteiger partial charge in [-0.05, 0) is 0 Å². The molecule has 0 aromatic carbocycles. The van der Waals surface area contributed by atoms with E-state index in [0.29, 0.717) is 13.1 Å². The molecule has 1 aliphatic heterocycles. The zero-order chi connectivity index (χ0) is 10.6. The summed E-state index contributed by atoms with van der Waals surface area (Å²) >= 11 is 0. The first-order valence-corrected chi connectivity index (χ1v) is 4.58. The highest BCUT2D eigenvalue weighted by Gasteiger charge is 2.39. The molecule has 1 N–H and O–H groups in total. The summed E-state index contributed by atoms with van der Waals surface area (Å²) in [6.45, 7) is 1.34. The summed E-state index contributed by atoms with van der Waals surface area (Å²) in [5.74, 6) is -0.360. The Hall–Kier alpha value is -0.650. The number of esters is 1. The number of rotatable bonds is 4.